The van der Waals surface area contributed by atoms with Crippen LogP contribution in [0.2, 0.25) is 0 Å². The minimum absolute atomic E-state index is 0.0342. The molecule has 2 rings (SSSR count). The van der Waals surface area contributed by atoms with E-state index in [1.54, 1.807) is 0 Å². The Morgan fingerprint density at radius 2 is 1.82 bits per heavy atom. The molecule has 0 aromatic heterocycles. The second-order valence-electron chi connectivity index (χ2n) is 5.29. The van der Waals surface area contributed by atoms with E-state index in [1.807, 2.05) is 11.8 Å². The molecule has 1 saturated carbocycles. The third-order valence-corrected chi connectivity index (χ3v) is 4.08. The van der Waals surface area contributed by atoms with Crippen LogP contribution in [0.3, 0.4) is 0 Å². The zero-order valence-electron chi connectivity index (χ0n) is 10.7. The number of rotatable bonds is 3. The summed E-state index contributed by atoms with van der Waals surface area (Å²) in [5.74, 6) is 1.16. The van der Waals surface area contributed by atoms with Crippen LogP contribution < -0.4 is 0 Å². The summed E-state index contributed by atoms with van der Waals surface area (Å²) in [5, 5.41) is 8.86. The van der Waals surface area contributed by atoms with Crippen molar-refractivity contribution in [3.63, 3.8) is 0 Å². The molecule has 0 aromatic carbocycles. The lowest BCUT2D eigenvalue weighted by Gasteiger charge is -2.37. The summed E-state index contributed by atoms with van der Waals surface area (Å²) in [6.45, 7) is 7.20. The first-order chi connectivity index (χ1) is 8.13. The smallest absolute Gasteiger partial charge is 0.225 e. The lowest BCUT2D eigenvalue weighted by atomic mass is 10.0. The molecule has 4 heteroatoms. The number of piperazine rings is 1. The van der Waals surface area contributed by atoms with Crippen LogP contribution in [-0.2, 0) is 4.79 Å². The molecule has 1 aliphatic heterocycles. The van der Waals surface area contributed by atoms with E-state index in [0.29, 0.717) is 11.8 Å². The number of nitrogens with zero attached hydrogens (tertiary/aromatic N) is 3. The topological polar surface area (TPSA) is 47.3 Å². The number of nitriles is 1. The van der Waals surface area contributed by atoms with E-state index in [-0.39, 0.29) is 12.0 Å². The van der Waals surface area contributed by atoms with Crippen LogP contribution in [0.5, 0.6) is 0 Å². The van der Waals surface area contributed by atoms with Gasteiger partial charge in [0.25, 0.3) is 0 Å². The average molecular weight is 235 g/mol. The zero-order valence-corrected chi connectivity index (χ0v) is 10.7. The molecule has 94 valence electrons. The minimum atomic E-state index is -0.0342. The fraction of sp³-hybridized carbons (Fsp3) is 0.846. The third-order valence-electron chi connectivity index (χ3n) is 4.08. The van der Waals surface area contributed by atoms with E-state index in [2.05, 4.69) is 17.9 Å². The number of carbonyl (C=O) groups is 1. The molecular weight excluding hydrogens is 214 g/mol. The SMILES string of the molecule is CC(C(=O)N1CCN(C(C)C#N)CC1)C1CC1. The average Bonchev–Trinajstić information content (AvgIpc) is 3.20. The van der Waals surface area contributed by atoms with Crippen molar-refractivity contribution in [3.8, 4) is 6.07 Å². The van der Waals surface area contributed by atoms with Gasteiger partial charge in [0, 0.05) is 32.1 Å². The van der Waals surface area contributed by atoms with E-state index in [1.165, 1.54) is 12.8 Å². The predicted molar refractivity (Wildman–Crippen MR) is 65.1 cm³/mol. The molecule has 0 radical (unpaired) electrons. The molecule has 1 heterocycles. The molecule has 0 aromatic rings. The molecule has 2 unspecified atom stereocenters. The van der Waals surface area contributed by atoms with E-state index in [0.717, 1.165) is 26.2 Å². The monoisotopic (exact) mass is 235 g/mol. The van der Waals surface area contributed by atoms with Crippen molar-refractivity contribution in [1.82, 2.24) is 9.80 Å². The fourth-order valence-electron chi connectivity index (χ4n) is 2.50. The quantitative estimate of drug-likeness (QED) is 0.735. The van der Waals surface area contributed by atoms with Crippen LogP contribution in [0.1, 0.15) is 26.7 Å². The largest absolute Gasteiger partial charge is 0.340 e. The van der Waals surface area contributed by atoms with Crippen LogP contribution in [0, 0.1) is 23.2 Å². The summed E-state index contributed by atoms with van der Waals surface area (Å²) >= 11 is 0. The lowest BCUT2D eigenvalue weighted by molar-refractivity contribution is -0.137. The molecule has 0 bridgehead atoms. The molecule has 0 spiro atoms. The fourth-order valence-corrected chi connectivity index (χ4v) is 2.50. The Hall–Kier alpha value is -1.08. The van der Waals surface area contributed by atoms with Crippen LogP contribution in [0.4, 0.5) is 0 Å². The highest BCUT2D eigenvalue weighted by molar-refractivity contribution is 5.79. The highest BCUT2D eigenvalue weighted by Crippen LogP contribution is 2.37. The maximum atomic E-state index is 12.2. The number of amides is 1. The van der Waals surface area contributed by atoms with Gasteiger partial charge >= 0.3 is 0 Å². The molecule has 2 aliphatic rings. The van der Waals surface area contributed by atoms with Gasteiger partial charge in [0.15, 0.2) is 0 Å². The van der Waals surface area contributed by atoms with Crippen LogP contribution in [0.25, 0.3) is 0 Å². The molecule has 2 fully saturated rings. The molecule has 17 heavy (non-hydrogen) atoms. The summed E-state index contributed by atoms with van der Waals surface area (Å²) < 4.78 is 0. The summed E-state index contributed by atoms with van der Waals surface area (Å²) in [6, 6.07) is 2.22. The number of carbonyl (C=O) groups excluding carboxylic acids is 1. The summed E-state index contributed by atoms with van der Waals surface area (Å²) in [5.41, 5.74) is 0. The Labute approximate surface area is 103 Å². The lowest BCUT2D eigenvalue weighted by Crippen LogP contribution is -2.52. The van der Waals surface area contributed by atoms with Crippen molar-refractivity contribution in [2.45, 2.75) is 32.7 Å². The van der Waals surface area contributed by atoms with Gasteiger partial charge in [-0.25, -0.2) is 0 Å². The van der Waals surface area contributed by atoms with Gasteiger partial charge in [-0.3, -0.25) is 9.69 Å². The van der Waals surface area contributed by atoms with Crippen molar-refractivity contribution in [3.05, 3.63) is 0 Å². The Morgan fingerprint density at radius 1 is 1.24 bits per heavy atom. The Balaban J connectivity index is 1.82. The standard InChI is InChI=1S/C13H21N3O/c1-10(9-14)15-5-7-16(8-6-15)13(17)11(2)12-3-4-12/h10-12H,3-8H2,1-2H3. The highest BCUT2D eigenvalue weighted by atomic mass is 16.2. The zero-order chi connectivity index (χ0) is 12.4. The van der Waals surface area contributed by atoms with E-state index < -0.39 is 0 Å². The second kappa shape index (κ2) is 5.05. The van der Waals surface area contributed by atoms with E-state index in [4.69, 9.17) is 5.26 Å². The van der Waals surface area contributed by atoms with Crippen molar-refractivity contribution in [2.75, 3.05) is 26.2 Å². The first-order valence-corrected chi connectivity index (χ1v) is 6.56. The summed E-state index contributed by atoms with van der Waals surface area (Å²) in [6.07, 6.45) is 2.44. The molecule has 2 atom stereocenters. The van der Waals surface area contributed by atoms with Gasteiger partial charge in [-0.15, -0.1) is 0 Å². The van der Waals surface area contributed by atoms with Gasteiger partial charge in [-0.1, -0.05) is 6.92 Å². The van der Waals surface area contributed by atoms with Crippen molar-refractivity contribution >= 4 is 5.91 Å². The van der Waals surface area contributed by atoms with Gasteiger partial charge < -0.3 is 4.90 Å². The number of hydrogen-bond acceptors (Lipinski definition) is 3. The Kier molecular flexibility index (Phi) is 3.68. The normalized spacial score (nSPS) is 25.1. The van der Waals surface area contributed by atoms with Gasteiger partial charge in [-0.2, -0.15) is 5.26 Å². The van der Waals surface area contributed by atoms with Crippen LogP contribution >= 0.6 is 0 Å². The van der Waals surface area contributed by atoms with Crippen molar-refractivity contribution in [2.24, 2.45) is 11.8 Å². The van der Waals surface area contributed by atoms with Crippen molar-refractivity contribution < 1.29 is 4.79 Å². The maximum Gasteiger partial charge on any atom is 0.225 e. The predicted octanol–water partition coefficient (Wildman–Crippen LogP) is 1.09. The molecule has 0 N–H and O–H groups in total. The van der Waals surface area contributed by atoms with Gasteiger partial charge in [0.2, 0.25) is 5.91 Å². The molecule has 4 nitrogen and oxygen atoms in total. The maximum absolute atomic E-state index is 12.2. The van der Waals surface area contributed by atoms with Gasteiger partial charge in [0.1, 0.15) is 0 Å². The third kappa shape index (κ3) is 2.78. The summed E-state index contributed by atoms with van der Waals surface area (Å²) in [7, 11) is 0. The van der Waals surface area contributed by atoms with Crippen LogP contribution in [0.15, 0.2) is 0 Å². The first kappa shape index (κ1) is 12.4. The molecule has 1 saturated heterocycles. The van der Waals surface area contributed by atoms with Crippen molar-refractivity contribution in [1.29, 1.82) is 5.26 Å². The molecular formula is C13H21N3O. The summed E-state index contributed by atoms with van der Waals surface area (Å²) in [4.78, 5) is 16.3. The highest BCUT2D eigenvalue weighted by Gasteiger charge is 2.35. The van der Waals surface area contributed by atoms with E-state index in [9.17, 15) is 4.79 Å². The van der Waals surface area contributed by atoms with E-state index >= 15 is 0 Å². The minimum Gasteiger partial charge on any atom is -0.340 e. The molecule has 1 amide bonds. The van der Waals surface area contributed by atoms with Crippen LogP contribution in [-0.4, -0.2) is 47.9 Å². The first-order valence-electron chi connectivity index (χ1n) is 6.56. The number of hydrogen-bond donors (Lipinski definition) is 0. The van der Waals surface area contributed by atoms with Gasteiger partial charge in [0.05, 0.1) is 12.1 Å². The van der Waals surface area contributed by atoms with Gasteiger partial charge in [-0.05, 0) is 25.7 Å². The Morgan fingerprint density at radius 3 is 2.29 bits per heavy atom. The Bertz CT molecular complexity index is 324. The second-order valence-corrected chi connectivity index (χ2v) is 5.29. The molecule has 1 aliphatic carbocycles.